The van der Waals surface area contributed by atoms with Gasteiger partial charge in [-0.25, -0.2) is 0 Å². The lowest BCUT2D eigenvalue weighted by atomic mass is 10.0. The van der Waals surface area contributed by atoms with Crippen LogP contribution < -0.4 is 0 Å². The monoisotopic (exact) mass is 194 g/mol. The molecule has 0 spiro atoms. The Kier molecular flexibility index (Phi) is 3.28. The molecule has 0 radical (unpaired) electrons. The van der Waals surface area contributed by atoms with E-state index in [1.807, 2.05) is 0 Å². The number of Topliss-reactive ketones (excluding diaryl/α,β-unsaturated/α-hetero) is 1. The van der Waals surface area contributed by atoms with Crippen LogP contribution in [0.2, 0.25) is 0 Å². The number of pyridine rings is 1. The van der Waals surface area contributed by atoms with Crippen molar-refractivity contribution in [1.29, 1.82) is 0 Å². The Balaban J connectivity index is 2.71. The van der Waals surface area contributed by atoms with E-state index in [4.69, 9.17) is 0 Å². The molecule has 5 nitrogen and oxygen atoms in total. The van der Waals surface area contributed by atoms with Gasteiger partial charge >= 0.3 is 0 Å². The summed E-state index contributed by atoms with van der Waals surface area (Å²) >= 11 is 0. The zero-order valence-corrected chi connectivity index (χ0v) is 7.71. The third-order valence-electron chi connectivity index (χ3n) is 1.79. The summed E-state index contributed by atoms with van der Waals surface area (Å²) in [7, 11) is 0. The summed E-state index contributed by atoms with van der Waals surface area (Å²) in [5, 5.41) is 10.2. The Bertz CT molecular complexity index is 337. The molecule has 0 fully saturated rings. The first kappa shape index (κ1) is 10.3. The number of nitro groups is 1. The minimum atomic E-state index is -0.625. The molecule has 0 aliphatic rings. The summed E-state index contributed by atoms with van der Waals surface area (Å²) in [4.78, 5) is 25.0. The Labute approximate surface area is 80.9 Å². The smallest absolute Gasteiger partial charge is 0.213 e. The Hall–Kier alpha value is -1.78. The molecule has 0 amide bonds. The highest BCUT2D eigenvalue weighted by Gasteiger charge is 2.20. The molecule has 0 aromatic carbocycles. The number of rotatable bonds is 4. The van der Waals surface area contributed by atoms with Crippen molar-refractivity contribution in [3.63, 3.8) is 0 Å². The minimum absolute atomic E-state index is 0.279. The number of hydrogen-bond acceptors (Lipinski definition) is 4. The number of hydrogen-bond donors (Lipinski definition) is 0. The van der Waals surface area contributed by atoms with E-state index < -0.39 is 10.8 Å². The maximum absolute atomic E-state index is 11.5. The molecule has 0 aliphatic carbocycles. The molecule has 0 aliphatic heterocycles. The van der Waals surface area contributed by atoms with Crippen LogP contribution in [0.4, 0.5) is 0 Å². The first-order chi connectivity index (χ1) is 6.61. The van der Waals surface area contributed by atoms with E-state index in [1.54, 1.807) is 18.2 Å². The van der Waals surface area contributed by atoms with Gasteiger partial charge in [-0.05, 0) is 19.1 Å². The second kappa shape index (κ2) is 4.45. The summed E-state index contributed by atoms with van der Waals surface area (Å²) in [5.41, 5.74) is 0.279. The average molecular weight is 194 g/mol. The van der Waals surface area contributed by atoms with E-state index in [2.05, 4.69) is 4.98 Å². The number of nitrogens with zero attached hydrogens (tertiary/aromatic N) is 2. The third-order valence-corrected chi connectivity index (χ3v) is 1.79. The van der Waals surface area contributed by atoms with Gasteiger partial charge in [-0.15, -0.1) is 0 Å². The summed E-state index contributed by atoms with van der Waals surface area (Å²) in [6.45, 7) is 1.18. The SMILES string of the molecule is C[C@@H](C[N+](=O)[O-])C(=O)c1ccccn1. The van der Waals surface area contributed by atoms with E-state index in [-0.39, 0.29) is 18.0 Å². The van der Waals surface area contributed by atoms with Crippen molar-refractivity contribution in [2.24, 2.45) is 5.92 Å². The van der Waals surface area contributed by atoms with Gasteiger partial charge in [0.25, 0.3) is 0 Å². The van der Waals surface area contributed by atoms with Crippen LogP contribution in [-0.4, -0.2) is 22.2 Å². The Morgan fingerprint density at radius 2 is 2.36 bits per heavy atom. The first-order valence-corrected chi connectivity index (χ1v) is 4.18. The van der Waals surface area contributed by atoms with Crippen LogP contribution in [0, 0.1) is 16.0 Å². The van der Waals surface area contributed by atoms with Crippen LogP contribution in [0.25, 0.3) is 0 Å². The van der Waals surface area contributed by atoms with Gasteiger partial charge in [0, 0.05) is 11.1 Å². The zero-order chi connectivity index (χ0) is 10.6. The summed E-state index contributed by atoms with van der Waals surface area (Å²) in [6.07, 6.45) is 1.49. The fourth-order valence-corrected chi connectivity index (χ4v) is 1.07. The van der Waals surface area contributed by atoms with Crippen molar-refractivity contribution in [3.8, 4) is 0 Å². The lowest BCUT2D eigenvalue weighted by Gasteiger charge is -2.03. The highest BCUT2D eigenvalue weighted by atomic mass is 16.6. The number of aromatic nitrogens is 1. The van der Waals surface area contributed by atoms with Gasteiger partial charge in [0.1, 0.15) is 5.69 Å². The molecule has 0 N–H and O–H groups in total. The standard InChI is InChI=1S/C9H10N2O3/c1-7(6-11(13)14)9(12)8-4-2-3-5-10-8/h2-5,7H,6H2,1H3/t7-/m0/s1. The molecule has 0 bridgehead atoms. The molecule has 1 atom stereocenters. The molecule has 5 heteroatoms. The third kappa shape index (κ3) is 2.62. The van der Waals surface area contributed by atoms with E-state index in [9.17, 15) is 14.9 Å². The largest absolute Gasteiger partial charge is 0.292 e. The van der Waals surface area contributed by atoms with E-state index >= 15 is 0 Å². The van der Waals surface area contributed by atoms with Gasteiger partial charge < -0.3 is 0 Å². The van der Waals surface area contributed by atoms with E-state index in [0.717, 1.165) is 0 Å². The van der Waals surface area contributed by atoms with Gasteiger partial charge in [-0.3, -0.25) is 19.9 Å². The molecule has 1 aromatic rings. The first-order valence-electron chi connectivity index (χ1n) is 4.18. The molecule has 0 saturated carbocycles. The molecule has 74 valence electrons. The number of carbonyl (C=O) groups excluding carboxylic acids is 1. The van der Waals surface area contributed by atoms with Crippen LogP contribution in [0.1, 0.15) is 17.4 Å². The molecule has 14 heavy (non-hydrogen) atoms. The van der Waals surface area contributed by atoms with Gasteiger partial charge in [0.15, 0.2) is 5.78 Å². The predicted octanol–water partition coefficient (Wildman–Crippen LogP) is 1.18. The molecular formula is C9H10N2O3. The fourth-order valence-electron chi connectivity index (χ4n) is 1.07. The maximum atomic E-state index is 11.5. The normalized spacial score (nSPS) is 12.1. The fraction of sp³-hybridized carbons (Fsp3) is 0.333. The Morgan fingerprint density at radius 3 is 2.86 bits per heavy atom. The van der Waals surface area contributed by atoms with Crippen molar-refractivity contribution < 1.29 is 9.72 Å². The van der Waals surface area contributed by atoms with Crippen molar-refractivity contribution in [2.75, 3.05) is 6.54 Å². The van der Waals surface area contributed by atoms with Crippen LogP contribution in [-0.2, 0) is 0 Å². The second-order valence-electron chi connectivity index (χ2n) is 3.00. The van der Waals surface area contributed by atoms with E-state index in [1.165, 1.54) is 13.1 Å². The van der Waals surface area contributed by atoms with Gasteiger partial charge in [-0.2, -0.15) is 0 Å². The zero-order valence-electron chi connectivity index (χ0n) is 7.71. The molecular weight excluding hydrogens is 184 g/mol. The minimum Gasteiger partial charge on any atom is -0.292 e. The Morgan fingerprint density at radius 1 is 1.64 bits per heavy atom. The van der Waals surface area contributed by atoms with Crippen molar-refractivity contribution >= 4 is 5.78 Å². The summed E-state index contributed by atoms with van der Waals surface area (Å²) < 4.78 is 0. The molecule has 1 aromatic heterocycles. The van der Waals surface area contributed by atoms with Crippen molar-refractivity contribution in [2.45, 2.75) is 6.92 Å². The lowest BCUT2D eigenvalue weighted by Crippen LogP contribution is -2.21. The highest BCUT2D eigenvalue weighted by molar-refractivity contribution is 5.95. The van der Waals surface area contributed by atoms with Crippen LogP contribution in [0.15, 0.2) is 24.4 Å². The van der Waals surface area contributed by atoms with E-state index in [0.29, 0.717) is 0 Å². The van der Waals surface area contributed by atoms with Gasteiger partial charge in [-0.1, -0.05) is 6.07 Å². The van der Waals surface area contributed by atoms with Crippen LogP contribution >= 0.6 is 0 Å². The average Bonchev–Trinajstić information content (AvgIpc) is 2.17. The van der Waals surface area contributed by atoms with Gasteiger partial charge in [0.05, 0.1) is 5.92 Å². The molecule has 1 rings (SSSR count). The molecule has 1 heterocycles. The topological polar surface area (TPSA) is 73.1 Å². The van der Waals surface area contributed by atoms with Crippen molar-refractivity contribution in [1.82, 2.24) is 4.98 Å². The summed E-state index contributed by atoms with van der Waals surface area (Å²) in [5.74, 6) is -0.915. The maximum Gasteiger partial charge on any atom is 0.213 e. The van der Waals surface area contributed by atoms with Gasteiger partial charge in [0.2, 0.25) is 6.54 Å². The highest BCUT2D eigenvalue weighted by Crippen LogP contribution is 2.05. The van der Waals surface area contributed by atoms with Crippen molar-refractivity contribution in [3.05, 3.63) is 40.2 Å². The molecule has 0 unspecified atom stereocenters. The number of ketones is 1. The van der Waals surface area contributed by atoms with Crippen LogP contribution in [0.5, 0.6) is 0 Å². The molecule has 0 saturated heterocycles. The van der Waals surface area contributed by atoms with Crippen LogP contribution in [0.3, 0.4) is 0 Å². The number of carbonyl (C=O) groups is 1. The quantitative estimate of drug-likeness (QED) is 0.409. The predicted molar refractivity (Wildman–Crippen MR) is 49.6 cm³/mol. The second-order valence-corrected chi connectivity index (χ2v) is 3.00. The lowest BCUT2D eigenvalue weighted by molar-refractivity contribution is -0.484. The summed E-state index contributed by atoms with van der Waals surface area (Å²) in [6, 6.07) is 4.92.